The zero-order valence-corrected chi connectivity index (χ0v) is 60.3. The number of imidazole rings is 1. The first-order valence-electron chi connectivity index (χ1n) is 35.1. The summed E-state index contributed by atoms with van der Waals surface area (Å²) in [4.78, 5) is 251. The number of nitrogens with zero attached hydrogens (tertiary/aromatic N) is 4. The molecular weight excluding hydrogens is 1410 g/mol. The normalized spacial score (nSPS) is 18.3. The zero-order valence-electron chi connectivity index (χ0n) is 60.3. The molecular formula is C67H99N19O21. The summed E-state index contributed by atoms with van der Waals surface area (Å²) < 4.78 is 0. The molecule has 3 aliphatic heterocycles. The fourth-order valence-corrected chi connectivity index (χ4v) is 12.4. The number of phenols is 1. The van der Waals surface area contributed by atoms with Crippen LogP contribution < -0.4 is 76.1 Å². The Kier molecular flexibility index (Phi) is 32.9. The molecule has 3 saturated heterocycles. The van der Waals surface area contributed by atoms with Crippen molar-refractivity contribution in [3.63, 3.8) is 0 Å². The highest BCUT2D eigenvalue weighted by molar-refractivity contribution is 6.01. The minimum Gasteiger partial charge on any atom is -0.508 e. The highest BCUT2D eigenvalue weighted by Crippen LogP contribution is 2.30. The van der Waals surface area contributed by atoms with Gasteiger partial charge in [0, 0.05) is 50.8 Å². The largest absolute Gasteiger partial charge is 0.508 e. The maximum absolute atomic E-state index is 14.6. The number of carboxylic acids is 2. The van der Waals surface area contributed by atoms with Gasteiger partial charge < -0.3 is 111 Å². The van der Waals surface area contributed by atoms with Crippen LogP contribution in [0.5, 0.6) is 5.75 Å². The van der Waals surface area contributed by atoms with Gasteiger partial charge in [0.2, 0.25) is 94.5 Å². The lowest BCUT2D eigenvalue weighted by Gasteiger charge is -2.35. The summed E-state index contributed by atoms with van der Waals surface area (Å²) in [5.41, 5.74) is 22.8. The number of aliphatic carboxylic acids is 2. The zero-order chi connectivity index (χ0) is 79.7. The van der Waals surface area contributed by atoms with Crippen LogP contribution in [-0.2, 0) is 99.1 Å². The molecule has 5 rings (SSSR count). The smallest absolute Gasteiger partial charge is 0.326 e. The molecule has 2 aromatic rings. The summed E-state index contributed by atoms with van der Waals surface area (Å²) in [5, 5.41) is 53.2. The second kappa shape index (κ2) is 40.8. The standard InChI is InChI=1S/C67H99N19O21/c1-32(2)22-39(68)57(96)82-45(27-52(71)90)64(103)85-20-8-11-48(85)66(105)86-21-9-12-49(86)65(104)84-19-7-10-47(84)63(102)81-41(24-36-13-15-38(87)16-14-36)60(99)76-35(6)56(95)79-44(28-54(92)93)62(101)80-42(25-37-29-72-31-74-37)58(97)73-30-53(91)75-34(5)55(94)78-43(26-51(70)89)61(100)77-40(17-18-50(69)88)59(98)83-46(67(106)107)23-33(3)4/h13-16,29,31-35,39-49,87H,7-12,17-28,30,68H2,1-6H3,(H2,69,88)(H2,70,89)(H2,71,90)(H,72,74)(H,73,97)(H,75,91)(H,76,99)(H,77,100)(H,78,94)(H,79,95)(H,80,101)(H,81,102)(H,82,96)(H,83,98)(H,92,93)(H,106,107)/t34-,35-,39-,40-,41-,42-,43-,44-,45-,46-,47-,48-,49-/m0/s1. The van der Waals surface area contributed by atoms with Crippen LogP contribution in [0.3, 0.4) is 0 Å². The molecule has 0 aliphatic carbocycles. The molecule has 16 amide bonds. The molecule has 0 saturated carbocycles. The number of H-pyrrole nitrogens is 1. The molecule has 0 unspecified atom stereocenters. The van der Waals surface area contributed by atoms with Gasteiger partial charge in [0.05, 0.1) is 38.2 Å². The topological polar surface area (TPSA) is 631 Å². The third-order valence-corrected chi connectivity index (χ3v) is 17.8. The number of rotatable bonds is 41. The minimum absolute atomic E-state index is 0.0200. The van der Waals surface area contributed by atoms with E-state index in [4.69, 9.17) is 22.9 Å². The Morgan fingerprint density at radius 1 is 0.505 bits per heavy atom. The number of aromatic hydroxyl groups is 1. The number of likely N-dealkylation sites (tertiary alicyclic amines) is 3. The third kappa shape index (κ3) is 26.9. The maximum atomic E-state index is 14.6. The molecule has 107 heavy (non-hydrogen) atoms. The number of hydrogen-bond acceptors (Lipinski definition) is 21. The lowest BCUT2D eigenvalue weighted by atomic mass is 10.0. The number of carbonyl (C=O) groups excluding carboxylic acids is 16. The van der Waals surface area contributed by atoms with Gasteiger partial charge in [-0.3, -0.25) is 81.5 Å². The predicted molar refractivity (Wildman–Crippen MR) is 373 cm³/mol. The van der Waals surface area contributed by atoms with Crippen LogP contribution in [0.15, 0.2) is 36.8 Å². The molecule has 0 spiro atoms. The predicted octanol–water partition coefficient (Wildman–Crippen LogP) is -6.61. The van der Waals surface area contributed by atoms with Gasteiger partial charge in [-0.2, -0.15) is 0 Å². The molecule has 1 aromatic heterocycles. The number of carbonyl (C=O) groups is 18. The number of aromatic nitrogens is 2. The number of aromatic amines is 1. The Balaban J connectivity index is 1.24. The molecule has 1 aromatic carbocycles. The van der Waals surface area contributed by atoms with Crippen molar-refractivity contribution in [1.29, 1.82) is 0 Å². The van der Waals surface area contributed by atoms with E-state index in [1.165, 1.54) is 58.4 Å². The van der Waals surface area contributed by atoms with E-state index in [-0.39, 0.29) is 81.4 Å². The minimum atomic E-state index is -1.97. The monoisotopic (exact) mass is 1510 g/mol. The van der Waals surface area contributed by atoms with E-state index in [0.29, 0.717) is 24.8 Å². The van der Waals surface area contributed by atoms with E-state index in [0.717, 1.165) is 6.92 Å². The lowest BCUT2D eigenvalue weighted by Crippen LogP contribution is -2.60. The Morgan fingerprint density at radius 2 is 0.972 bits per heavy atom. The van der Waals surface area contributed by atoms with Crippen LogP contribution in [0.25, 0.3) is 0 Å². The summed E-state index contributed by atoms with van der Waals surface area (Å²) >= 11 is 0. The Hall–Kier alpha value is -11.3. The number of nitrogens with one attached hydrogen (secondary N) is 11. The number of primary amides is 3. The number of carboxylic acid groups (broad SMARTS) is 2. The molecule has 588 valence electrons. The molecule has 40 heteroatoms. The highest BCUT2D eigenvalue weighted by Gasteiger charge is 2.48. The fourth-order valence-electron chi connectivity index (χ4n) is 12.4. The van der Waals surface area contributed by atoms with Crippen molar-refractivity contribution >= 4 is 106 Å². The van der Waals surface area contributed by atoms with Crippen LogP contribution in [0.4, 0.5) is 0 Å². The van der Waals surface area contributed by atoms with Crippen LogP contribution in [0, 0.1) is 11.8 Å². The Labute approximate surface area is 614 Å². The van der Waals surface area contributed by atoms with Gasteiger partial charge in [-0.1, -0.05) is 39.8 Å². The summed E-state index contributed by atoms with van der Waals surface area (Å²) in [6.07, 6.45) is 0.201. The molecule has 0 bridgehead atoms. The second-order valence-corrected chi connectivity index (χ2v) is 27.5. The fraction of sp³-hybridized carbons (Fsp3) is 0.597. The van der Waals surface area contributed by atoms with E-state index < -0.39 is 230 Å². The molecule has 13 atom stereocenters. The van der Waals surface area contributed by atoms with E-state index in [1.807, 2.05) is 13.8 Å². The van der Waals surface area contributed by atoms with Crippen molar-refractivity contribution in [2.45, 2.75) is 216 Å². The first-order chi connectivity index (χ1) is 50.3. The first kappa shape index (κ1) is 86.3. The summed E-state index contributed by atoms with van der Waals surface area (Å²) in [5.74, 6) is -18.5. The Morgan fingerprint density at radius 3 is 1.50 bits per heavy atom. The Bertz CT molecular complexity index is 3590. The van der Waals surface area contributed by atoms with Gasteiger partial charge in [0.1, 0.15) is 78.3 Å². The van der Waals surface area contributed by atoms with E-state index in [9.17, 15) is 102 Å². The maximum Gasteiger partial charge on any atom is 0.326 e. The quantitative estimate of drug-likeness (QED) is 0.0294. The molecule has 22 N–H and O–H groups in total. The van der Waals surface area contributed by atoms with Gasteiger partial charge in [-0.25, -0.2) is 9.78 Å². The van der Waals surface area contributed by atoms with E-state index in [2.05, 4.69) is 63.1 Å². The van der Waals surface area contributed by atoms with Crippen molar-refractivity contribution < 1.29 is 102 Å². The van der Waals surface area contributed by atoms with Crippen LogP contribution in [-0.4, -0.2) is 251 Å². The average molecular weight is 1510 g/mol. The van der Waals surface area contributed by atoms with Gasteiger partial charge >= 0.3 is 11.9 Å². The number of nitrogens with two attached hydrogens (primary N) is 4. The number of benzene rings is 1. The summed E-state index contributed by atoms with van der Waals surface area (Å²) in [6, 6.07) is -13.4. The molecule has 3 aliphatic rings. The van der Waals surface area contributed by atoms with Crippen LogP contribution in [0.2, 0.25) is 0 Å². The van der Waals surface area contributed by atoms with Crippen molar-refractivity contribution in [2.75, 3.05) is 26.2 Å². The number of hydrogen-bond donors (Lipinski definition) is 18. The molecule has 4 heterocycles. The highest BCUT2D eigenvalue weighted by atomic mass is 16.4. The summed E-state index contributed by atoms with van der Waals surface area (Å²) in [6.45, 7) is 8.74. The summed E-state index contributed by atoms with van der Waals surface area (Å²) in [7, 11) is 0. The van der Waals surface area contributed by atoms with Gasteiger partial charge in [-0.05, 0) is 101 Å². The number of phenolic OH excluding ortho intramolecular Hbond substituents is 1. The molecule has 3 fully saturated rings. The van der Waals surface area contributed by atoms with Crippen LogP contribution in [0.1, 0.15) is 136 Å². The third-order valence-electron chi connectivity index (χ3n) is 17.8. The number of amides is 16. The van der Waals surface area contributed by atoms with E-state index in [1.54, 1.807) is 13.8 Å². The molecule has 40 nitrogen and oxygen atoms in total. The van der Waals surface area contributed by atoms with Gasteiger partial charge in [-0.15, -0.1) is 0 Å². The van der Waals surface area contributed by atoms with Crippen molar-refractivity contribution in [2.24, 2.45) is 34.8 Å². The van der Waals surface area contributed by atoms with Crippen molar-refractivity contribution in [3.05, 3.63) is 48.0 Å². The van der Waals surface area contributed by atoms with Gasteiger partial charge in [0.25, 0.3) is 0 Å². The first-order valence-corrected chi connectivity index (χ1v) is 35.1. The van der Waals surface area contributed by atoms with Crippen molar-refractivity contribution in [1.82, 2.24) is 77.8 Å². The van der Waals surface area contributed by atoms with Crippen molar-refractivity contribution in [3.8, 4) is 5.75 Å². The second-order valence-electron chi connectivity index (χ2n) is 27.5. The average Bonchev–Trinajstić information content (AvgIpc) is 1.66. The lowest BCUT2D eigenvalue weighted by molar-refractivity contribution is -0.151. The molecule has 0 radical (unpaired) electrons. The SMILES string of the molecule is CC(C)C[C@H](NC(=O)[C@H](CCC(N)=O)NC(=O)[C@H](CC(N)=O)NC(=O)[C@H](C)NC(=O)CNC(=O)[C@H](Cc1cnc[nH]1)NC(=O)[C@H](CC(=O)O)NC(=O)[C@H](C)NC(=O)[C@H](Cc1ccc(O)cc1)NC(=O)[C@@H]1CCCN1C(=O)[C@@H]1CCCN1C(=O)[C@@H]1CCCN1C(=O)[C@H](CC(N)=O)NC(=O)[C@@H](N)CC(C)C)C(=O)O. The van der Waals surface area contributed by atoms with Gasteiger partial charge in [0.15, 0.2) is 0 Å². The van der Waals surface area contributed by atoms with Crippen LogP contribution >= 0.6 is 0 Å². The van der Waals surface area contributed by atoms with E-state index >= 15 is 0 Å².